The van der Waals surface area contributed by atoms with E-state index < -0.39 is 12.6 Å². The van der Waals surface area contributed by atoms with Crippen molar-refractivity contribution in [3.8, 4) is 5.75 Å². The summed E-state index contributed by atoms with van der Waals surface area (Å²) in [5.41, 5.74) is 0.519. The number of ketones is 1. The minimum absolute atomic E-state index is 0.0106. The molecule has 0 aromatic heterocycles. The molecule has 1 aromatic carbocycles. The minimum atomic E-state index is -4.15. The zero-order chi connectivity index (χ0) is 13.6. The van der Waals surface area contributed by atoms with E-state index in [0.717, 1.165) is 0 Å². The van der Waals surface area contributed by atoms with Crippen LogP contribution in [0.3, 0.4) is 0 Å². The predicted octanol–water partition coefficient (Wildman–Crippen LogP) is 4.00. The monoisotopic (exact) mass is 260 g/mol. The van der Waals surface area contributed by atoms with Crippen LogP contribution in [0.5, 0.6) is 5.75 Å². The second kappa shape index (κ2) is 6.42. The van der Waals surface area contributed by atoms with Gasteiger partial charge in [0.25, 0.3) is 0 Å². The number of halogens is 3. The molecule has 0 N–H and O–H groups in total. The molecule has 0 saturated heterocycles. The summed E-state index contributed by atoms with van der Waals surface area (Å²) in [6.45, 7) is 1.74. The molecule has 100 valence electrons. The van der Waals surface area contributed by atoms with Gasteiger partial charge in [0.1, 0.15) is 5.75 Å². The summed E-state index contributed by atoms with van der Waals surface area (Å²) >= 11 is 0. The number of carbonyl (C=O) groups excluding carboxylic acids is 1. The number of carbonyl (C=O) groups is 1. The summed E-state index contributed by atoms with van der Waals surface area (Å²) in [7, 11) is 0. The van der Waals surface area contributed by atoms with Crippen molar-refractivity contribution in [2.24, 2.45) is 0 Å². The molecule has 0 spiro atoms. The van der Waals surface area contributed by atoms with Crippen LogP contribution in [-0.2, 0) is 0 Å². The van der Waals surface area contributed by atoms with E-state index >= 15 is 0 Å². The van der Waals surface area contributed by atoms with E-state index in [4.69, 9.17) is 4.74 Å². The minimum Gasteiger partial charge on any atom is -0.494 e. The number of hydrogen-bond donors (Lipinski definition) is 0. The molecule has 18 heavy (non-hydrogen) atoms. The first-order valence-corrected chi connectivity index (χ1v) is 5.75. The second-order valence-corrected chi connectivity index (χ2v) is 3.87. The van der Waals surface area contributed by atoms with Crippen molar-refractivity contribution < 1.29 is 22.7 Å². The van der Waals surface area contributed by atoms with Crippen molar-refractivity contribution in [1.82, 2.24) is 0 Å². The standard InChI is InChI=1S/C13H15F3O2/c1-2-12(17)10-5-3-6-11(9-10)18-8-4-7-13(14,15)16/h3,5-6,9H,2,4,7-8H2,1H3. The van der Waals surface area contributed by atoms with Crippen LogP contribution in [0.25, 0.3) is 0 Å². The summed E-state index contributed by atoms with van der Waals surface area (Å²) in [5.74, 6) is 0.409. The van der Waals surface area contributed by atoms with E-state index in [2.05, 4.69) is 0 Å². The molecule has 0 saturated carbocycles. The van der Waals surface area contributed by atoms with Crippen molar-refractivity contribution >= 4 is 5.78 Å². The van der Waals surface area contributed by atoms with Crippen molar-refractivity contribution in [1.29, 1.82) is 0 Å². The molecule has 0 bridgehead atoms. The first-order chi connectivity index (χ1) is 8.42. The first-order valence-electron chi connectivity index (χ1n) is 5.75. The highest BCUT2D eigenvalue weighted by molar-refractivity contribution is 5.96. The van der Waals surface area contributed by atoms with Gasteiger partial charge < -0.3 is 4.74 Å². The Bertz CT molecular complexity index is 399. The van der Waals surface area contributed by atoms with Gasteiger partial charge >= 0.3 is 6.18 Å². The van der Waals surface area contributed by atoms with Crippen molar-refractivity contribution in [3.63, 3.8) is 0 Å². The maximum Gasteiger partial charge on any atom is 0.389 e. The Hall–Kier alpha value is -1.52. The molecule has 5 heteroatoms. The lowest BCUT2D eigenvalue weighted by Gasteiger charge is -2.09. The van der Waals surface area contributed by atoms with E-state index in [9.17, 15) is 18.0 Å². The average Bonchev–Trinajstić information content (AvgIpc) is 2.33. The summed E-state index contributed by atoms with van der Waals surface area (Å²) in [6.07, 6.45) is -4.71. The number of alkyl halides is 3. The lowest BCUT2D eigenvalue weighted by molar-refractivity contribution is -0.136. The number of benzene rings is 1. The van der Waals surface area contributed by atoms with Gasteiger partial charge in [-0.15, -0.1) is 0 Å². The van der Waals surface area contributed by atoms with Gasteiger partial charge in [0.2, 0.25) is 0 Å². The zero-order valence-electron chi connectivity index (χ0n) is 10.1. The highest BCUT2D eigenvalue weighted by Gasteiger charge is 2.26. The fraction of sp³-hybridized carbons (Fsp3) is 0.462. The van der Waals surface area contributed by atoms with Crippen molar-refractivity contribution in [2.45, 2.75) is 32.4 Å². The van der Waals surface area contributed by atoms with Gasteiger partial charge in [0, 0.05) is 18.4 Å². The molecule has 0 aliphatic carbocycles. The third-order valence-corrected chi connectivity index (χ3v) is 2.35. The van der Waals surface area contributed by atoms with Crippen LogP contribution in [-0.4, -0.2) is 18.6 Å². The Morgan fingerprint density at radius 1 is 1.33 bits per heavy atom. The first kappa shape index (κ1) is 14.5. The van der Waals surface area contributed by atoms with Gasteiger partial charge in [-0.2, -0.15) is 13.2 Å². The Morgan fingerprint density at radius 2 is 2.06 bits per heavy atom. The molecule has 0 unspecified atom stereocenters. The molecule has 0 heterocycles. The third kappa shape index (κ3) is 5.21. The lowest BCUT2D eigenvalue weighted by Crippen LogP contribution is -2.09. The normalized spacial score (nSPS) is 11.3. The quantitative estimate of drug-likeness (QED) is 0.570. The maximum absolute atomic E-state index is 11.9. The molecule has 0 fully saturated rings. The topological polar surface area (TPSA) is 26.3 Å². The van der Waals surface area contributed by atoms with Crippen LogP contribution >= 0.6 is 0 Å². The number of ether oxygens (including phenoxy) is 1. The van der Waals surface area contributed by atoms with Crippen LogP contribution in [0, 0.1) is 0 Å². The van der Waals surface area contributed by atoms with Crippen LogP contribution < -0.4 is 4.74 Å². The molecule has 1 aromatic rings. The van der Waals surface area contributed by atoms with Gasteiger partial charge in [-0.1, -0.05) is 19.1 Å². The molecular formula is C13H15F3O2. The van der Waals surface area contributed by atoms with E-state index in [-0.39, 0.29) is 18.8 Å². The lowest BCUT2D eigenvalue weighted by atomic mass is 10.1. The van der Waals surface area contributed by atoms with Gasteiger partial charge in [0.05, 0.1) is 6.61 Å². The average molecular weight is 260 g/mol. The van der Waals surface area contributed by atoms with Gasteiger partial charge in [-0.25, -0.2) is 0 Å². The summed E-state index contributed by atoms with van der Waals surface area (Å²) in [6, 6.07) is 6.50. The third-order valence-electron chi connectivity index (χ3n) is 2.35. The molecule has 0 atom stereocenters. The summed E-state index contributed by atoms with van der Waals surface area (Å²) in [4.78, 5) is 11.4. The predicted molar refractivity (Wildman–Crippen MR) is 61.8 cm³/mol. The van der Waals surface area contributed by atoms with Crippen molar-refractivity contribution in [2.75, 3.05) is 6.61 Å². The number of Topliss-reactive ketones (excluding diaryl/α,β-unsaturated/α-hetero) is 1. The van der Waals surface area contributed by atoms with Crippen LogP contribution in [0.15, 0.2) is 24.3 Å². The van der Waals surface area contributed by atoms with Crippen LogP contribution in [0.4, 0.5) is 13.2 Å². The van der Waals surface area contributed by atoms with Crippen LogP contribution in [0.1, 0.15) is 36.5 Å². The van der Waals surface area contributed by atoms with E-state index in [0.29, 0.717) is 17.7 Å². The molecule has 0 aliphatic rings. The number of hydrogen-bond acceptors (Lipinski definition) is 2. The smallest absolute Gasteiger partial charge is 0.389 e. The SMILES string of the molecule is CCC(=O)c1cccc(OCCCC(F)(F)F)c1. The fourth-order valence-corrected chi connectivity index (χ4v) is 1.43. The highest BCUT2D eigenvalue weighted by Crippen LogP contribution is 2.22. The van der Waals surface area contributed by atoms with Gasteiger partial charge in [0.15, 0.2) is 5.78 Å². The Balaban J connectivity index is 2.45. The highest BCUT2D eigenvalue weighted by atomic mass is 19.4. The Labute approximate surface area is 104 Å². The van der Waals surface area contributed by atoms with Gasteiger partial charge in [-0.05, 0) is 18.6 Å². The van der Waals surface area contributed by atoms with Crippen LogP contribution in [0.2, 0.25) is 0 Å². The molecular weight excluding hydrogens is 245 g/mol. The molecule has 2 nitrogen and oxygen atoms in total. The Kier molecular flexibility index (Phi) is 5.19. The Morgan fingerprint density at radius 3 is 2.67 bits per heavy atom. The van der Waals surface area contributed by atoms with E-state index in [1.165, 1.54) is 0 Å². The van der Waals surface area contributed by atoms with Crippen molar-refractivity contribution in [3.05, 3.63) is 29.8 Å². The van der Waals surface area contributed by atoms with E-state index in [1.54, 1.807) is 31.2 Å². The van der Waals surface area contributed by atoms with E-state index in [1.807, 2.05) is 0 Å². The maximum atomic E-state index is 11.9. The fourth-order valence-electron chi connectivity index (χ4n) is 1.43. The largest absolute Gasteiger partial charge is 0.494 e. The number of rotatable bonds is 6. The molecule has 0 radical (unpaired) electrons. The summed E-state index contributed by atoms with van der Waals surface area (Å²) in [5, 5.41) is 0. The second-order valence-electron chi connectivity index (χ2n) is 3.87. The molecule has 0 amide bonds. The zero-order valence-corrected chi connectivity index (χ0v) is 10.1. The summed E-state index contributed by atoms with van der Waals surface area (Å²) < 4.78 is 40.9. The van der Waals surface area contributed by atoms with Gasteiger partial charge in [-0.3, -0.25) is 4.79 Å². The molecule has 1 rings (SSSR count). The molecule has 0 aliphatic heterocycles.